The Hall–Kier alpha value is -1.84. The second-order valence-corrected chi connectivity index (χ2v) is 9.61. The highest BCUT2D eigenvalue weighted by atomic mass is 32.2. The summed E-state index contributed by atoms with van der Waals surface area (Å²) in [5.41, 5.74) is 6.85. The van der Waals surface area contributed by atoms with Crippen LogP contribution in [0.3, 0.4) is 0 Å². The monoisotopic (exact) mass is 452 g/mol. The average molecular weight is 453 g/mol. The van der Waals surface area contributed by atoms with Gasteiger partial charge in [0.05, 0.1) is 22.9 Å². The molecule has 4 atom stereocenters. The fraction of sp³-hybridized carbons (Fsp3) is 0.524. The number of anilines is 1. The number of esters is 1. The van der Waals surface area contributed by atoms with Crippen molar-refractivity contribution in [3.05, 3.63) is 24.3 Å². The Bertz CT molecular complexity index is 816. The highest BCUT2D eigenvalue weighted by molar-refractivity contribution is 8.14. The molecule has 0 saturated carbocycles. The average Bonchev–Trinajstić information content (AvgIpc) is 2.79. The summed E-state index contributed by atoms with van der Waals surface area (Å²) in [4.78, 5) is 52.9. The minimum absolute atomic E-state index is 0.111. The third-order valence-electron chi connectivity index (χ3n) is 4.91. The van der Waals surface area contributed by atoms with Gasteiger partial charge in [-0.15, -0.1) is 11.8 Å². The largest absolute Gasteiger partial charge is 0.465 e. The minimum Gasteiger partial charge on any atom is -0.465 e. The third kappa shape index (κ3) is 5.65. The number of carbonyl (C=O) groups excluding carboxylic acids is 4. The number of benzene rings is 1. The lowest BCUT2D eigenvalue weighted by atomic mass is 9.92. The number of ether oxygens (including phenoxy) is 1. The number of carbonyl (C=O) groups is 4. The number of hydrogen-bond donors (Lipinski definition) is 1. The van der Waals surface area contributed by atoms with Gasteiger partial charge in [-0.1, -0.05) is 44.2 Å². The van der Waals surface area contributed by atoms with Crippen LogP contribution >= 0.6 is 23.5 Å². The first-order valence-electron chi connectivity index (χ1n) is 9.90. The van der Waals surface area contributed by atoms with E-state index in [-0.39, 0.29) is 30.0 Å². The Kier molecular flexibility index (Phi) is 8.93. The number of Topliss-reactive ketones (excluding diaryl/α,β-unsaturated/α-hetero) is 1. The van der Waals surface area contributed by atoms with E-state index in [1.165, 1.54) is 23.6 Å². The molecule has 0 aromatic heterocycles. The van der Waals surface area contributed by atoms with Crippen molar-refractivity contribution in [2.45, 2.75) is 49.6 Å². The number of nitrogens with zero attached hydrogens (tertiary/aromatic N) is 1. The molecule has 2 N–H and O–H groups in total. The minimum atomic E-state index is -1.18. The molecular weight excluding hydrogens is 424 g/mol. The molecule has 2 unspecified atom stereocenters. The number of amides is 1. The van der Waals surface area contributed by atoms with Gasteiger partial charge in [0.25, 0.3) is 0 Å². The number of nitrogens with two attached hydrogens (primary N) is 1. The molecule has 0 bridgehead atoms. The van der Waals surface area contributed by atoms with E-state index < -0.39 is 28.4 Å². The molecule has 7 nitrogen and oxygen atoms in total. The van der Waals surface area contributed by atoms with E-state index >= 15 is 0 Å². The Morgan fingerprint density at radius 3 is 2.53 bits per heavy atom. The molecule has 1 aromatic rings. The van der Waals surface area contributed by atoms with Crippen LogP contribution < -0.4 is 10.6 Å². The maximum Gasteiger partial charge on any atom is 0.326 e. The molecule has 0 saturated heterocycles. The van der Waals surface area contributed by atoms with E-state index in [0.29, 0.717) is 17.0 Å². The molecule has 0 spiro atoms. The van der Waals surface area contributed by atoms with Gasteiger partial charge in [0, 0.05) is 11.8 Å². The zero-order valence-corrected chi connectivity index (χ0v) is 19.3. The number of para-hydroxylation sites is 1. The van der Waals surface area contributed by atoms with E-state index in [0.717, 1.165) is 11.8 Å². The molecular formula is C21H28N2O5S2. The molecule has 164 valence electrons. The molecule has 1 aliphatic heterocycles. The SMILES string of the molecule is CCOC(=O)CN1C(=O)C(C(=O)[C@@H](SC(C)=O)[C@@H](C)CC)C(N)Sc2ccccc21. The molecule has 30 heavy (non-hydrogen) atoms. The predicted molar refractivity (Wildman–Crippen MR) is 119 cm³/mol. The van der Waals surface area contributed by atoms with Crippen LogP contribution in [-0.4, -0.2) is 46.6 Å². The highest BCUT2D eigenvalue weighted by Crippen LogP contribution is 2.40. The number of hydrogen-bond acceptors (Lipinski definition) is 8. The van der Waals surface area contributed by atoms with Gasteiger partial charge in [0.15, 0.2) is 10.9 Å². The number of rotatable bonds is 8. The lowest BCUT2D eigenvalue weighted by Crippen LogP contribution is -2.50. The Morgan fingerprint density at radius 1 is 1.27 bits per heavy atom. The molecule has 1 aliphatic rings. The van der Waals surface area contributed by atoms with Crippen LogP contribution in [-0.2, 0) is 23.9 Å². The van der Waals surface area contributed by atoms with E-state index in [1.807, 2.05) is 13.8 Å². The summed E-state index contributed by atoms with van der Waals surface area (Å²) >= 11 is 2.16. The zero-order valence-electron chi connectivity index (χ0n) is 17.6. The second kappa shape index (κ2) is 11.0. The maximum atomic E-state index is 13.5. The van der Waals surface area contributed by atoms with Gasteiger partial charge in [-0.2, -0.15) is 0 Å². The standard InChI is InChI=1S/C21H28N2O5S2/c1-5-12(3)19(29-13(4)24)18(26)17-20(22)30-15-10-8-7-9-14(15)23(21(17)27)11-16(25)28-6-2/h7-10,12,17,19-20H,5-6,11,22H2,1-4H3/t12-,17?,19-,20?/m0/s1. The van der Waals surface area contributed by atoms with Crippen molar-refractivity contribution < 1.29 is 23.9 Å². The van der Waals surface area contributed by atoms with Crippen LogP contribution in [0.25, 0.3) is 0 Å². The summed E-state index contributed by atoms with van der Waals surface area (Å²) in [5, 5.41) is -1.71. The van der Waals surface area contributed by atoms with Crippen LogP contribution in [0.5, 0.6) is 0 Å². The summed E-state index contributed by atoms with van der Waals surface area (Å²) in [7, 11) is 0. The van der Waals surface area contributed by atoms with Gasteiger partial charge >= 0.3 is 5.97 Å². The molecule has 1 amide bonds. The first-order chi connectivity index (χ1) is 14.2. The lowest BCUT2D eigenvalue weighted by Gasteiger charge is -2.29. The number of ketones is 1. The fourth-order valence-corrected chi connectivity index (χ4v) is 5.41. The van der Waals surface area contributed by atoms with Crippen molar-refractivity contribution in [1.82, 2.24) is 0 Å². The Morgan fingerprint density at radius 2 is 1.93 bits per heavy atom. The van der Waals surface area contributed by atoms with Gasteiger partial charge < -0.3 is 10.5 Å². The van der Waals surface area contributed by atoms with Crippen LogP contribution in [0.15, 0.2) is 29.2 Å². The summed E-state index contributed by atoms with van der Waals surface area (Å²) in [6.45, 7) is 6.77. The molecule has 1 heterocycles. The smallest absolute Gasteiger partial charge is 0.326 e. The highest BCUT2D eigenvalue weighted by Gasteiger charge is 2.44. The van der Waals surface area contributed by atoms with Gasteiger partial charge in [-0.3, -0.25) is 24.1 Å². The molecule has 1 aromatic carbocycles. The van der Waals surface area contributed by atoms with Crippen molar-refractivity contribution in [2.24, 2.45) is 17.6 Å². The van der Waals surface area contributed by atoms with Crippen molar-refractivity contribution in [3.63, 3.8) is 0 Å². The van der Waals surface area contributed by atoms with E-state index in [1.54, 1.807) is 31.2 Å². The van der Waals surface area contributed by atoms with Gasteiger partial charge in [-0.25, -0.2) is 0 Å². The second-order valence-electron chi connectivity index (χ2n) is 7.08. The number of fused-ring (bicyclic) bond motifs is 1. The van der Waals surface area contributed by atoms with Gasteiger partial charge in [-0.05, 0) is 25.0 Å². The van der Waals surface area contributed by atoms with Gasteiger partial charge in [0.2, 0.25) is 5.91 Å². The Labute approximate surface area is 185 Å². The fourth-order valence-electron chi connectivity index (χ4n) is 3.23. The van der Waals surface area contributed by atoms with Crippen molar-refractivity contribution >= 4 is 52.0 Å². The summed E-state index contributed by atoms with van der Waals surface area (Å²) < 4.78 is 5.02. The van der Waals surface area contributed by atoms with E-state index in [2.05, 4.69) is 0 Å². The molecule has 2 rings (SSSR count). The van der Waals surface area contributed by atoms with Crippen LogP contribution in [0.1, 0.15) is 34.1 Å². The molecule has 0 radical (unpaired) electrons. The van der Waals surface area contributed by atoms with Crippen molar-refractivity contribution in [2.75, 3.05) is 18.1 Å². The number of thioether (sulfide) groups is 2. The van der Waals surface area contributed by atoms with E-state index in [9.17, 15) is 19.2 Å². The first-order valence-corrected chi connectivity index (χ1v) is 11.7. The van der Waals surface area contributed by atoms with Gasteiger partial charge in [0.1, 0.15) is 12.5 Å². The lowest BCUT2D eigenvalue weighted by molar-refractivity contribution is -0.143. The summed E-state index contributed by atoms with van der Waals surface area (Å²) in [5.74, 6) is -2.78. The topological polar surface area (TPSA) is 107 Å². The molecule has 0 aliphatic carbocycles. The maximum absolute atomic E-state index is 13.5. The summed E-state index contributed by atoms with van der Waals surface area (Å²) in [6.07, 6.45) is 0.673. The van der Waals surface area contributed by atoms with E-state index in [4.69, 9.17) is 10.5 Å². The summed E-state index contributed by atoms with van der Waals surface area (Å²) in [6, 6.07) is 7.08. The Balaban J connectivity index is 2.47. The molecule has 9 heteroatoms. The van der Waals surface area contributed by atoms with Crippen LogP contribution in [0, 0.1) is 11.8 Å². The normalized spacial score (nSPS) is 20.7. The zero-order chi connectivity index (χ0) is 22.4. The van der Waals surface area contributed by atoms with Crippen molar-refractivity contribution in [1.29, 1.82) is 0 Å². The van der Waals surface area contributed by atoms with Crippen LogP contribution in [0.4, 0.5) is 5.69 Å². The third-order valence-corrected chi connectivity index (χ3v) is 7.34. The quantitative estimate of drug-likeness (QED) is 0.474. The molecule has 0 fully saturated rings. The van der Waals surface area contributed by atoms with Crippen molar-refractivity contribution in [3.8, 4) is 0 Å². The first kappa shape index (κ1) is 24.4. The predicted octanol–water partition coefficient (Wildman–Crippen LogP) is 2.85. The van der Waals surface area contributed by atoms with Crippen LogP contribution in [0.2, 0.25) is 0 Å².